The normalized spacial score (nSPS) is 11.0. The predicted octanol–water partition coefficient (Wildman–Crippen LogP) is 1.72. The minimum Gasteiger partial charge on any atom is -0.329 e. The summed E-state index contributed by atoms with van der Waals surface area (Å²) in [5.74, 6) is 0. The Bertz CT molecular complexity index is 466. The van der Waals surface area contributed by atoms with Crippen molar-refractivity contribution in [2.75, 3.05) is 19.3 Å². The van der Waals surface area contributed by atoms with Gasteiger partial charge in [0.2, 0.25) is 10.0 Å². The van der Waals surface area contributed by atoms with E-state index in [1.807, 2.05) is 6.26 Å². The molecule has 0 amide bonds. The standard InChI is InChI=1S/C9H13ClN2O2S2.ClH/c1-15-9-3-2-7(6-8(9)10)16(13,14)12-5-4-11;/h2-3,6,12H,4-5,11H2,1H3;1H. The maximum absolute atomic E-state index is 11.7. The molecule has 0 aromatic heterocycles. The van der Waals surface area contributed by atoms with Crippen LogP contribution >= 0.6 is 35.8 Å². The van der Waals surface area contributed by atoms with Gasteiger partial charge in [-0.1, -0.05) is 11.6 Å². The predicted molar refractivity (Wildman–Crippen MR) is 74.7 cm³/mol. The van der Waals surface area contributed by atoms with Gasteiger partial charge in [-0.3, -0.25) is 0 Å². The summed E-state index contributed by atoms with van der Waals surface area (Å²) in [6.45, 7) is 0.472. The highest BCUT2D eigenvalue weighted by molar-refractivity contribution is 7.98. The van der Waals surface area contributed by atoms with Crippen molar-refractivity contribution in [3.63, 3.8) is 0 Å². The highest BCUT2D eigenvalue weighted by Gasteiger charge is 2.14. The van der Waals surface area contributed by atoms with Gasteiger partial charge in [0.25, 0.3) is 0 Å². The fourth-order valence-electron chi connectivity index (χ4n) is 1.09. The molecule has 0 unspecified atom stereocenters. The van der Waals surface area contributed by atoms with E-state index in [1.54, 1.807) is 6.07 Å². The first-order chi connectivity index (χ1) is 7.51. The average molecular weight is 317 g/mol. The molecule has 3 N–H and O–H groups in total. The van der Waals surface area contributed by atoms with E-state index >= 15 is 0 Å². The van der Waals surface area contributed by atoms with Crippen molar-refractivity contribution < 1.29 is 8.42 Å². The molecule has 0 heterocycles. The number of hydrogen-bond donors (Lipinski definition) is 2. The smallest absolute Gasteiger partial charge is 0.240 e. The zero-order valence-electron chi connectivity index (χ0n) is 9.14. The Balaban J connectivity index is 0.00000256. The van der Waals surface area contributed by atoms with E-state index in [9.17, 15) is 8.42 Å². The van der Waals surface area contributed by atoms with Gasteiger partial charge in [0.15, 0.2) is 0 Å². The van der Waals surface area contributed by atoms with E-state index in [-0.39, 0.29) is 30.4 Å². The Hall–Kier alpha value is 0.0200. The van der Waals surface area contributed by atoms with Gasteiger partial charge < -0.3 is 5.73 Å². The van der Waals surface area contributed by atoms with Crippen molar-refractivity contribution in [2.45, 2.75) is 9.79 Å². The molecule has 0 aliphatic carbocycles. The van der Waals surface area contributed by atoms with E-state index < -0.39 is 10.0 Å². The minimum absolute atomic E-state index is 0. The van der Waals surface area contributed by atoms with E-state index in [4.69, 9.17) is 17.3 Å². The third-order valence-electron chi connectivity index (χ3n) is 1.87. The van der Waals surface area contributed by atoms with Crippen LogP contribution in [0.5, 0.6) is 0 Å². The highest BCUT2D eigenvalue weighted by atomic mass is 35.5. The Morgan fingerprint density at radius 1 is 1.47 bits per heavy atom. The Kier molecular flexibility index (Phi) is 7.46. The lowest BCUT2D eigenvalue weighted by molar-refractivity contribution is 0.582. The molecule has 1 aromatic carbocycles. The second kappa shape index (κ2) is 7.45. The maximum atomic E-state index is 11.7. The summed E-state index contributed by atoms with van der Waals surface area (Å²) in [4.78, 5) is 1.00. The molecule has 0 atom stereocenters. The largest absolute Gasteiger partial charge is 0.329 e. The van der Waals surface area contributed by atoms with Gasteiger partial charge in [0.1, 0.15) is 0 Å². The van der Waals surface area contributed by atoms with Crippen LogP contribution in [0.2, 0.25) is 5.02 Å². The first-order valence-electron chi connectivity index (χ1n) is 4.54. The third-order valence-corrected chi connectivity index (χ3v) is 4.55. The monoisotopic (exact) mass is 316 g/mol. The van der Waals surface area contributed by atoms with Gasteiger partial charge in [0, 0.05) is 18.0 Å². The molecule has 0 bridgehead atoms. The zero-order chi connectivity index (χ0) is 12.2. The van der Waals surface area contributed by atoms with Gasteiger partial charge in [-0.25, -0.2) is 13.1 Å². The summed E-state index contributed by atoms with van der Waals surface area (Å²) < 4.78 is 25.8. The number of sulfonamides is 1. The van der Waals surface area contributed by atoms with Gasteiger partial charge in [-0.2, -0.15) is 0 Å². The molecular weight excluding hydrogens is 303 g/mol. The fourth-order valence-corrected chi connectivity index (χ4v) is 3.10. The Morgan fingerprint density at radius 2 is 2.12 bits per heavy atom. The summed E-state index contributed by atoms with van der Waals surface area (Å²) in [5, 5.41) is 0.433. The molecule has 17 heavy (non-hydrogen) atoms. The molecule has 0 saturated heterocycles. The second-order valence-electron chi connectivity index (χ2n) is 2.98. The number of halogens is 2. The molecule has 0 fully saturated rings. The van der Waals surface area contributed by atoms with Crippen LogP contribution in [0.15, 0.2) is 28.0 Å². The van der Waals surface area contributed by atoms with Crippen LogP contribution < -0.4 is 10.5 Å². The van der Waals surface area contributed by atoms with Crippen LogP contribution in [0.1, 0.15) is 0 Å². The molecule has 0 spiro atoms. The number of nitrogens with two attached hydrogens (primary N) is 1. The number of thioether (sulfide) groups is 1. The molecule has 0 aliphatic heterocycles. The second-order valence-corrected chi connectivity index (χ2v) is 6.01. The molecule has 8 heteroatoms. The lowest BCUT2D eigenvalue weighted by Gasteiger charge is -2.07. The molecular formula is C9H14Cl2N2O2S2. The summed E-state index contributed by atoms with van der Waals surface area (Å²) in [5.41, 5.74) is 5.23. The topological polar surface area (TPSA) is 72.2 Å². The molecule has 1 aromatic rings. The van der Waals surface area contributed by atoms with E-state index in [0.717, 1.165) is 4.90 Å². The summed E-state index contributed by atoms with van der Waals surface area (Å²) in [7, 11) is -3.49. The van der Waals surface area contributed by atoms with Crippen molar-refractivity contribution in [3.05, 3.63) is 23.2 Å². The Morgan fingerprint density at radius 3 is 2.59 bits per heavy atom. The first kappa shape index (κ1) is 17.0. The highest BCUT2D eigenvalue weighted by Crippen LogP contribution is 2.27. The average Bonchev–Trinajstić information content (AvgIpc) is 2.26. The van der Waals surface area contributed by atoms with Gasteiger partial charge in [-0.15, -0.1) is 24.2 Å². The van der Waals surface area contributed by atoms with Gasteiger partial charge >= 0.3 is 0 Å². The number of rotatable bonds is 5. The number of hydrogen-bond acceptors (Lipinski definition) is 4. The lowest BCUT2D eigenvalue weighted by atomic mass is 10.4. The summed E-state index contributed by atoms with van der Waals surface area (Å²) in [6.07, 6.45) is 1.88. The molecule has 0 aliphatic rings. The van der Waals surface area contributed by atoms with Crippen molar-refractivity contribution in [1.29, 1.82) is 0 Å². The van der Waals surface area contributed by atoms with Crippen LogP contribution in [0.4, 0.5) is 0 Å². The molecule has 0 radical (unpaired) electrons. The van der Waals surface area contributed by atoms with Gasteiger partial charge in [0.05, 0.1) is 9.92 Å². The van der Waals surface area contributed by atoms with Crippen LogP contribution in [0.25, 0.3) is 0 Å². The first-order valence-corrected chi connectivity index (χ1v) is 7.63. The van der Waals surface area contributed by atoms with Crippen LogP contribution in [0, 0.1) is 0 Å². The van der Waals surface area contributed by atoms with Crippen molar-refractivity contribution in [1.82, 2.24) is 4.72 Å². The molecule has 0 saturated carbocycles. The van der Waals surface area contributed by atoms with Crippen molar-refractivity contribution in [3.8, 4) is 0 Å². The van der Waals surface area contributed by atoms with E-state index in [1.165, 1.54) is 23.9 Å². The Labute approximate surface area is 117 Å². The molecule has 4 nitrogen and oxygen atoms in total. The molecule has 98 valence electrons. The lowest BCUT2D eigenvalue weighted by Crippen LogP contribution is -2.29. The summed E-state index contributed by atoms with van der Waals surface area (Å²) in [6, 6.07) is 4.65. The zero-order valence-corrected chi connectivity index (χ0v) is 12.3. The van der Waals surface area contributed by atoms with Crippen LogP contribution in [-0.2, 0) is 10.0 Å². The third kappa shape index (κ3) is 4.65. The van der Waals surface area contributed by atoms with E-state index in [0.29, 0.717) is 5.02 Å². The minimum atomic E-state index is -3.49. The van der Waals surface area contributed by atoms with Gasteiger partial charge in [-0.05, 0) is 24.5 Å². The quantitative estimate of drug-likeness (QED) is 0.811. The SMILES string of the molecule is CSc1ccc(S(=O)(=O)NCCN)cc1Cl.Cl. The summed E-state index contributed by atoms with van der Waals surface area (Å²) >= 11 is 7.40. The number of benzene rings is 1. The van der Waals surface area contributed by atoms with Crippen molar-refractivity contribution in [2.24, 2.45) is 5.73 Å². The van der Waals surface area contributed by atoms with Crippen LogP contribution in [0.3, 0.4) is 0 Å². The maximum Gasteiger partial charge on any atom is 0.240 e. The fraction of sp³-hybridized carbons (Fsp3) is 0.333. The molecule has 1 rings (SSSR count). The number of nitrogens with one attached hydrogen (secondary N) is 1. The van der Waals surface area contributed by atoms with Crippen molar-refractivity contribution >= 4 is 45.8 Å². The van der Waals surface area contributed by atoms with Crippen LogP contribution in [-0.4, -0.2) is 27.8 Å². The van der Waals surface area contributed by atoms with E-state index in [2.05, 4.69) is 4.72 Å².